The maximum absolute atomic E-state index is 13.2. The molecule has 0 aliphatic rings. The first kappa shape index (κ1) is 22.0. The number of rotatable bonds is 7. The third-order valence-electron chi connectivity index (χ3n) is 4.40. The molecule has 158 valence electrons. The van der Waals surface area contributed by atoms with Gasteiger partial charge >= 0.3 is 5.56 Å². The summed E-state index contributed by atoms with van der Waals surface area (Å²) < 4.78 is 30.4. The van der Waals surface area contributed by atoms with Crippen molar-refractivity contribution in [2.75, 3.05) is 19.5 Å². The van der Waals surface area contributed by atoms with Gasteiger partial charge in [-0.2, -0.15) is 9.78 Å². The summed E-state index contributed by atoms with van der Waals surface area (Å²) in [6.45, 7) is 1.82. The van der Waals surface area contributed by atoms with Crippen LogP contribution in [0.5, 0.6) is 5.75 Å². The quantitative estimate of drug-likeness (QED) is 0.596. The summed E-state index contributed by atoms with van der Waals surface area (Å²) in [7, 11) is -3.34. The number of benzene rings is 2. The molecule has 0 radical (unpaired) electrons. The first-order chi connectivity index (χ1) is 14.2. The van der Waals surface area contributed by atoms with E-state index in [1.165, 1.54) is 23.0 Å². The second kappa shape index (κ2) is 8.99. The lowest BCUT2D eigenvalue weighted by Gasteiger charge is -2.15. The minimum absolute atomic E-state index is 0.0531. The van der Waals surface area contributed by atoms with Gasteiger partial charge in [-0.1, -0.05) is 36.7 Å². The summed E-state index contributed by atoms with van der Waals surface area (Å²) in [5.41, 5.74) is 0.985. The van der Waals surface area contributed by atoms with E-state index in [9.17, 15) is 18.3 Å². The summed E-state index contributed by atoms with van der Waals surface area (Å²) in [6.07, 6.45) is 2.61. The van der Waals surface area contributed by atoms with Crippen molar-refractivity contribution in [1.82, 2.24) is 9.78 Å². The van der Waals surface area contributed by atoms with Gasteiger partial charge in [0.05, 0.1) is 23.4 Å². The average molecular weight is 449 g/mol. The van der Waals surface area contributed by atoms with Crippen LogP contribution in [0.2, 0.25) is 5.02 Å². The van der Waals surface area contributed by atoms with Gasteiger partial charge in [0.2, 0.25) is 0 Å². The second-order valence-corrected chi connectivity index (χ2v) is 9.43. The predicted octanol–water partition coefficient (Wildman–Crippen LogP) is 2.96. The molecule has 0 fully saturated rings. The Kier molecular flexibility index (Phi) is 6.60. The van der Waals surface area contributed by atoms with Gasteiger partial charge in [-0.05, 0) is 35.9 Å². The Morgan fingerprint density at radius 2 is 1.90 bits per heavy atom. The van der Waals surface area contributed by atoms with E-state index in [0.717, 1.165) is 6.26 Å². The standard InChI is InChI=1S/C21H21ClN2O5S/c1-14(12-25)13-29-20-19(15-6-8-18(9-7-15)30(2,27)28)11-23-24(21(20)26)17-5-3-4-16(22)10-17/h3-11,14,25H,12-13H2,1-2H3. The molecule has 3 aromatic rings. The zero-order chi connectivity index (χ0) is 21.9. The number of hydrogen-bond donors (Lipinski definition) is 1. The number of aliphatic hydroxyl groups is 1. The Hall–Kier alpha value is -2.68. The van der Waals surface area contributed by atoms with Gasteiger partial charge < -0.3 is 9.84 Å². The van der Waals surface area contributed by atoms with Crippen molar-refractivity contribution < 1.29 is 18.3 Å². The van der Waals surface area contributed by atoms with Crippen LogP contribution in [0.4, 0.5) is 0 Å². The second-order valence-electron chi connectivity index (χ2n) is 6.98. The van der Waals surface area contributed by atoms with Crippen molar-refractivity contribution >= 4 is 21.4 Å². The van der Waals surface area contributed by atoms with Gasteiger partial charge in [0.25, 0.3) is 0 Å². The molecule has 1 atom stereocenters. The molecule has 7 nitrogen and oxygen atoms in total. The molecule has 0 amide bonds. The van der Waals surface area contributed by atoms with E-state index in [4.69, 9.17) is 16.3 Å². The van der Waals surface area contributed by atoms with E-state index in [1.807, 2.05) is 0 Å². The number of aromatic nitrogens is 2. The minimum atomic E-state index is -3.34. The molecule has 30 heavy (non-hydrogen) atoms. The molecule has 1 N–H and O–H groups in total. The van der Waals surface area contributed by atoms with Gasteiger partial charge in [-0.15, -0.1) is 0 Å². The lowest BCUT2D eigenvalue weighted by molar-refractivity contribution is 0.173. The van der Waals surface area contributed by atoms with Gasteiger partial charge in [0, 0.05) is 29.4 Å². The smallest absolute Gasteiger partial charge is 0.314 e. The van der Waals surface area contributed by atoms with Gasteiger partial charge in [-0.3, -0.25) is 4.79 Å². The van der Waals surface area contributed by atoms with Crippen molar-refractivity contribution in [3.05, 3.63) is 70.1 Å². The normalized spacial score (nSPS) is 12.5. The van der Waals surface area contributed by atoms with Crippen LogP contribution in [-0.2, 0) is 9.84 Å². The van der Waals surface area contributed by atoms with E-state index in [-0.39, 0.29) is 29.8 Å². The Balaban J connectivity index is 2.12. The maximum atomic E-state index is 13.2. The van der Waals surface area contributed by atoms with Gasteiger partial charge in [0.1, 0.15) is 0 Å². The highest BCUT2D eigenvalue weighted by atomic mass is 35.5. The molecule has 1 heterocycles. The fourth-order valence-corrected chi connectivity index (χ4v) is 3.55. The highest BCUT2D eigenvalue weighted by Crippen LogP contribution is 2.28. The SMILES string of the molecule is CC(CO)COc1c(-c2ccc(S(C)(=O)=O)cc2)cnn(-c2cccc(Cl)c2)c1=O. The molecule has 0 saturated carbocycles. The van der Waals surface area contributed by atoms with Crippen molar-refractivity contribution in [1.29, 1.82) is 0 Å². The van der Waals surface area contributed by atoms with Crippen LogP contribution in [0.1, 0.15) is 6.92 Å². The van der Waals surface area contributed by atoms with Crippen molar-refractivity contribution in [2.24, 2.45) is 5.92 Å². The molecule has 2 aromatic carbocycles. The number of halogens is 1. The zero-order valence-corrected chi connectivity index (χ0v) is 18.0. The summed E-state index contributed by atoms with van der Waals surface area (Å²) in [5.74, 6) is -0.130. The third-order valence-corrected chi connectivity index (χ3v) is 5.77. The van der Waals surface area contributed by atoms with Crippen LogP contribution in [0.25, 0.3) is 16.8 Å². The topological polar surface area (TPSA) is 98.5 Å². The van der Waals surface area contributed by atoms with Crippen LogP contribution in [0.15, 0.2) is 64.4 Å². The molecular formula is C21H21ClN2O5S. The average Bonchev–Trinajstić information content (AvgIpc) is 2.71. The number of aliphatic hydroxyl groups excluding tert-OH is 1. The maximum Gasteiger partial charge on any atom is 0.314 e. The summed E-state index contributed by atoms with van der Waals surface area (Å²) in [4.78, 5) is 13.3. The number of hydrogen-bond acceptors (Lipinski definition) is 6. The Morgan fingerprint density at radius 1 is 1.20 bits per heavy atom. The Labute approximate surface area is 179 Å². The fraction of sp³-hybridized carbons (Fsp3) is 0.238. The largest absolute Gasteiger partial charge is 0.487 e. The van der Waals surface area contributed by atoms with Crippen molar-refractivity contribution in [2.45, 2.75) is 11.8 Å². The van der Waals surface area contributed by atoms with Crippen molar-refractivity contribution in [3.8, 4) is 22.6 Å². The third kappa shape index (κ3) is 4.89. The van der Waals surface area contributed by atoms with Crippen molar-refractivity contribution in [3.63, 3.8) is 0 Å². The lowest BCUT2D eigenvalue weighted by atomic mass is 10.1. The van der Waals surface area contributed by atoms with Crippen LogP contribution in [-0.4, -0.2) is 42.8 Å². The van der Waals surface area contributed by atoms with Gasteiger partial charge in [-0.25, -0.2) is 8.42 Å². The number of ether oxygens (including phenoxy) is 1. The fourth-order valence-electron chi connectivity index (χ4n) is 2.73. The highest BCUT2D eigenvalue weighted by Gasteiger charge is 2.18. The molecule has 9 heteroatoms. The molecule has 1 unspecified atom stereocenters. The van der Waals surface area contributed by atoms with E-state index in [0.29, 0.717) is 21.8 Å². The first-order valence-electron chi connectivity index (χ1n) is 9.13. The lowest BCUT2D eigenvalue weighted by Crippen LogP contribution is -2.25. The molecule has 0 bridgehead atoms. The molecule has 0 spiro atoms. The van der Waals surface area contributed by atoms with E-state index < -0.39 is 15.4 Å². The van der Waals surface area contributed by atoms with Crippen LogP contribution in [0, 0.1) is 5.92 Å². The molecule has 0 saturated heterocycles. The molecule has 1 aromatic heterocycles. The monoisotopic (exact) mass is 448 g/mol. The highest BCUT2D eigenvalue weighted by molar-refractivity contribution is 7.90. The molecule has 0 aliphatic heterocycles. The zero-order valence-electron chi connectivity index (χ0n) is 16.4. The Bertz CT molecular complexity index is 1210. The first-order valence-corrected chi connectivity index (χ1v) is 11.4. The molecular weight excluding hydrogens is 428 g/mol. The number of nitrogens with zero attached hydrogens (tertiary/aromatic N) is 2. The molecule has 0 aliphatic carbocycles. The van der Waals surface area contributed by atoms with Crippen LogP contribution < -0.4 is 10.3 Å². The van der Waals surface area contributed by atoms with Crippen LogP contribution >= 0.6 is 11.6 Å². The van der Waals surface area contributed by atoms with Gasteiger partial charge in [0.15, 0.2) is 15.6 Å². The van der Waals surface area contributed by atoms with E-state index in [2.05, 4.69) is 5.10 Å². The number of sulfone groups is 1. The molecule has 3 rings (SSSR count). The van der Waals surface area contributed by atoms with Crippen LogP contribution in [0.3, 0.4) is 0 Å². The summed E-state index contributed by atoms with van der Waals surface area (Å²) in [5, 5.41) is 14.0. The Morgan fingerprint density at radius 3 is 2.50 bits per heavy atom. The minimum Gasteiger partial charge on any atom is -0.487 e. The van der Waals surface area contributed by atoms with E-state index in [1.54, 1.807) is 43.3 Å². The summed E-state index contributed by atoms with van der Waals surface area (Å²) >= 11 is 6.04. The predicted molar refractivity (Wildman–Crippen MR) is 115 cm³/mol. The van der Waals surface area contributed by atoms with E-state index >= 15 is 0 Å². The summed E-state index contributed by atoms with van der Waals surface area (Å²) in [6, 6.07) is 12.8.